The van der Waals surface area contributed by atoms with Crippen molar-refractivity contribution in [1.82, 2.24) is 5.32 Å². The molecule has 0 saturated heterocycles. The number of hydrogen-bond donors (Lipinski definition) is 2. The van der Waals surface area contributed by atoms with E-state index in [1.807, 2.05) is 84.9 Å². The molecule has 5 nitrogen and oxygen atoms in total. The van der Waals surface area contributed by atoms with E-state index in [0.29, 0.717) is 24.7 Å². The molecule has 0 fully saturated rings. The van der Waals surface area contributed by atoms with E-state index in [1.54, 1.807) is 11.3 Å². The molecule has 0 spiro atoms. The van der Waals surface area contributed by atoms with Gasteiger partial charge in [0, 0.05) is 10.6 Å². The first kappa shape index (κ1) is 25.6. The summed E-state index contributed by atoms with van der Waals surface area (Å²) in [5.41, 5.74) is 1.80. The molecule has 0 aliphatic rings. The molecule has 2 N–H and O–H groups in total. The Morgan fingerprint density at radius 2 is 1.53 bits per heavy atom. The van der Waals surface area contributed by atoms with Crippen LogP contribution in [0.25, 0.3) is 0 Å². The van der Waals surface area contributed by atoms with Gasteiger partial charge in [-0.15, -0.1) is 11.3 Å². The van der Waals surface area contributed by atoms with Crippen molar-refractivity contribution in [2.24, 2.45) is 0 Å². The third kappa shape index (κ3) is 8.64. The fraction of sp³-hybridized carbons (Fsp3) is 0.233. The summed E-state index contributed by atoms with van der Waals surface area (Å²) in [7, 11) is 0. The molecule has 0 radical (unpaired) electrons. The van der Waals surface area contributed by atoms with Crippen LogP contribution in [0.5, 0.6) is 11.5 Å². The fourth-order valence-corrected chi connectivity index (χ4v) is 4.46. The van der Waals surface area contributed by atoms with Gasteiger partial charge >= 0.3 is 0 Å². The van der Waals surface area contributed by atoms with Gasteiger partial charge in [-0.1, -0.05) is 54.6 Å². The summed E-state index contributed by atoms with van der Waals surface area (Å²) < 4.78 is 11.7. The van der Waals surface area contributed by atoms with E-state index in [0.717, 1.165) is 37.1 Å². The van der Waals surface area contributed by atoms with Crippen LogP contribution in [0, 0.1) is 0 Å². The predicted octanol–water partition coefficient (Wildman–Crippen LogP) is 6.68. The molecule has 3 aromatic carbocycles. The van der Waals surface area contributed by atoms with Crippen molar-refractivity contribution in [2.45, 2.75) is 31.9 Å². The Balaban J connectivity index is 1.28. The largest absolute Gasteiger partial charge is 0.457 e. The minimum Gasteiger partial charge on any atom is -0.457 e. The maximum atomic E-state index is 13.1. The number of aryl methyl sites for hydroxylation is 1. The molecular formula is C30H32N2O3S. The second-order valence-electron chi connectivity index (χ2n) is 8.47. The number of hydrogen-bond acceptors (Lipinski definition) is 5. The number of thiophene rings is 1. The molecule has 1 heterocycles. The molecule has 0 saturated carbocycles. The van der Waals surface area contributed by atoms with Gasteiger partial charge in [0.15, 0.2) is 0 Å². The topological polar surface area (TPSA) is 59.6 Å². The van der Waals surface area contributed by atoms with E-state index in [4.69, 9.17) is 9.47 Å². The first-order valence-electron chi connectivity index (χ1n) is 12.3. The van der Waals surface area contributed by atoms with Gasteiger partial charge in [-0.2, -0.15) is 0 Å². The summed E-state index contributed by atoms with van der Waals surface area (Å²) in [6.07, 6.45) is 3.14. The molecule has 1 unspecified atom stereocenters. The van der Waals surface area contributed by atoms with Crippen molar-refractivity contribution in [2.75, 3.05) is 18.5 Å². The lowest BCUT2D eigenvalue weighted by atomic mass is 10.2. The summed E-state index contributed by atoms with van der Waals surface area (Å²) in [5, 5.41) is 8.51. The number of para-hydroxylation sites is 1. The number of benzene rings is 3. The zero-order valence-electron chi connectivity index (χ0n) is 20.3. The van der Waals surface area contributed by atoms with Crippen molar-refractivity contribution in [3.8, 4) is 11.5 Å². The highest BCUT2D eigenvalue weighted by Gasteiger charge is 2.18. The Morgan fingerprint density at radius 3 is 2.25 bits per heavy atom. The fourth-order valence-electron chi connectivity index (χ4n) is 3.71. The number of ether oxygens (including phenoxy) is 2. The van der Waals surface area contributed by atoms with Crippen LogP contribution in [-0.2, 0) is 22.6 Å². The van der Waals surface area contributed by atoms with Crippen molar-refractivity contribution < 1.29 is 14.3 Å². The van der Waals surface area contributed by atoms with Gasteiger partial charge in [0.25, 0.3) is 0 Å². The Labute approximate surface area is 217 Å². The monoisotopic (exact) mass is 500 g/mol. The Hall–Kier alpha value is -3.45. The second-order valence-corrected chi connectivity index (χ2v) is 9.50. The van der Waals surface area contributed by atoms with Gasteiger partial charge in [0.05, 0.1) is 13.2 Å². The molecule has 1 aromatic heterocycles. The molecule has 0 bridgehead atoms. The lowest BCUT2D eigenvalue weighted by Gasteiger charge is -2.19. The highest BCUT2D eigenvalue weighted by Crippen LogP contribution is 2.22. The molecular weight excluding hydrogens is 468 g/mol. The van der Waals surface area contributed by atoms with Crippen LogP contribution >= 0.6 is 11.3 Å². The standard InChI is InChI=1S/C30H32N2O3S/c33-30(32-25-16-18-27(19-17-25)35-26-12-5-2-6-13-26)29(23-34-22-24-10-3-1-4-11-24)31-20-8-7-14-28-15-9-21-36-28/h1-6,9-13,15-19,21,29,31H,7-8,14,20,22-23H2,(H,32,33). The number of nitrogens with one attached hydrogen (secondary N) is 2. The van der Waals surface area contributed by atoms with Crippen LogP contribution in [0.2, 0.25) is 0 Å². The maximum absolute atomic E-state index is 13.1. The molecule has 6 heteroatoms. The minimum absolute atomic E-state index is 0.113. The van der Waals surface area contributed by atoms with Gasteiger partial charge in [0.2, 0.25) is 5.91 Å². The van der Waals surface area contributed by atoms with Gasteiger partial charge in [-0.25, -0.2) is 0 Å². The third-order valence-electron chi connectivity index (χ3n) is 5.63. The van der Waals surface area contributed by atoms with Crippen molar-refractivity contribution in [3.05, 3.63) is 113 Å². The summed E-state index contributed by atoms with van der Waals surface area (Å²) in [6, 6.07) is 30.8. The highest BCUT2D eigenvalue weighted by atomic mass is 32.1. The van der Waals surface area contributed by atoms with Crippen LogP contribution in [-0.4, -0.2) is 25.1 Å². The Bertz CT molecular complexity index is 1150. The minimum atomic E-state index is -0.448. The van der Waals surface area contributed by atoms with E-state index in [1.165, 1.54) is 4.88 Å². The first-order chi connectivity index (χ1) is 17.8. The average Bonchev–Trinajstić information content (AvgIpc) is 3.43. The van der Waals surface area contributed by atoms with E-state index in [2.05, 4.69) is 28.1 Å². The molecule has 4 aromatic rings. The summed E-state index contributed by atoms with van der Waals surface area (Å²) in [4.78, 5) is 14.5. The molecule has 186 valence electrons. The Kier molecular flexibility index (Phi) is 10.1. The normalized spacial score (nSPS) is 11.7. The second kappa shape index (κ2) is 14.2. The van der Waals surface area contributed by atoms with E-state index in [9.17, 15) is 4.79 Å². The molecule has 36 heavy (non-hydrogen) atoms. The van der Waals surface area contributed by atoms with Gasteiger partial charge in [-0.05, 0) is 79.2 Å². The number of carbonyl (C=O) groups is 1. The Morgan fingerprint density at radius 1 is 0.806 bits per heavy atom. The molecule has 0 aliphatic carbocycles. The average molecular weight is 501 g/mol. The van der Waals surface area contributed by atoms with Crippen molar-refractivity contribution >= 4 is 22.9 Å². The number of unbranched alkanes of at least 4 members (excludes halogenated alkanes) is 1. The lowest BCUT2D eigenvalue weighted by Crippen LogP contribution is -2.44. The van der Waals surface area contributed by atoms with Crippen LogP contribution in [0.4, 0.5) is 5.69 Å². The molecule has 1 atom stereocenters. The van der Waals surface area contributed by atoms with Crippen molar-refractivity contribution in [1.29, 1.82) is 0 Å². The van der Waals surface area contributed by atoms with E-state index >= 15 is 0 Å². The zero-order chi connectivity index (χ0) is 24.8. The molecule has 1 amide bonds. The first-order valence-corrected chi connectivity index (χ1v) is 13.2. The zero-order valence-corrected chi connectivity index (χ0v) is 21.1. The summed E-state index contributed by atoms with van der Waals surface area (Å²) in [5.74, 6) is 1.37. The SMILES string of the molecule is O=C(Nc1ccc(Oc2ccccc2)cc1)C(COCc1ccccc1)NCCCCc1cccs1. The lowest BCUT2D eigenvalue weighted by molar-refractivity contribution is -0.119. The van der Waals surface area contributed by atoms with Gasteiger partial charge < -0.3 is 20.1 Å². The summed E-state index contributed by atoms with van der Waals surface area (Å²) >= 11 is 1.79. The van der Waals surface area contributed by atoms with Crippen molar-refractivity contribution in [3.63, 3.8) is 0 Å². The quantitative estimate of drug-likeness (QED) is 0.190. The van der Waals surface area contributed by atoms with Crippen LogP contribution in [0.1, 0.15) is 23.3 Å². The highest BCUT2D eigenvalue weighted by molar-refractivity contribution is 7.09. The number of carbonyl (C=O) groups excluding carboxylic acids is 1. The smallest absolute Gasteiger partial charge is 0.243 e. The number of rotatable bonds is 14. The summed E-state index contributed by atoms with van der Waals surface area (Å²) in [6.45, 7) is 1.51. The van der Waals surface area contributed by atoms with Crippen LogP contribution < -0.4 is 15.4 Å². The van der Waals surface area contributed by atoms with Crippen LogP contribution in [0.15, 0.2) is 102 Å². The van der Waals surface area contributed by atoms with Gasteiger partial charge in [-0.3, -0.25) is 4.79 Å². The molecule has 4 rings (SSSR count). The molecule has 0 aliphatic heterocycles. The van der Waals surface area contributed by atoms with E-state index < -0.39 is 6.04 Å². The van der Waals surface area contributed by atoms with Gasteiger partial charge in [0.1, 0.15) is 17.5 Å². The predicted molar refractivity (Wildman–Crippen MR) is 147 cm³/mol. The number of amides is 1. The van der Waals surface area contributed by atoms with Crippen LogP contribution in [0.3, 0.4) is 0 Å². The maximum Gasteiger partial charge on any atom is 0.243 e. The third-order valence-corrected chi connectivity index (χ3v) is 6.57. The number of anilines is 1. The van der Waals surface area contributed by atoms with E-state index in [-0.39, 0.29) is 5.91 Å².